The molecule has 0 heterocycles. The number of carboxylic acid groups (broad SMARTS) is 1. The van der Waals surface area contributed by atoms with E-state index < -0.39 is 23.5 Å². The van der Waals surface area contributed by atoms with Gasteiger partial charge in [0.25, 0.3) is 0 Å². The van der Waals surface area contributed by atoms with Crippen molar-refractivity contribution in [3.05, 3.63) is 0 Å². The van der Waals surface area contributed by atoms with Crippen LogP contribution in [0.4, 0.5) is 0 Å². The van der Waals surface area contributed by atoms with Crippen LogP contribution < -0.4 is 11.1 Å². The topological polar surface area (TPSA) is 92.4 Å². The van der Waals surface area contributed by atoms with Crippen molar-refractivity contribution in [2.45, 2.75) is 45.2 Å². The van der Waals surface area contributed by atoms with Gasteiger partial charge in [0.1, 0.15) is 6.04 Å². The van der Waals surface area contributed by atoms with Gasteiger partial charge in [-0.15, -0.1) is 0 Å². The third-order valence-corrected chi connectivity index (χ3v) is 2.03. The predicted molar refractivity (Wildman–Crippen MR) is 52.7 cm³/mol. The van der Waals surface area contributed by atoms with E-state index in [1.807, 2.05) is 6.92 Å². The van der Waals surface area contributed by atoms with Crippen molar-refractivity contribution in [1.82, 2.24) is 5.32 Å². The molecule has 0 aromatic carbocycles. The summed E-state index contributed by atoms with van der Waals surface area (Å²) in [5.41, 5.74) is 4.13. The number of carbonyl (C=O) groups excluding carboxylic acids is 1. The first kappa shape index (κ1) is 12.9. The van der Waals surface area contributed by atoms with Gasteiger partial charge < -0.3 is 10.8 Å². The monoisotopic (exact) mass is 202 g/mol. The molecule has 0 saturated carbocycles. The van der Waals surface area contributed by atoms with Gasteiger partial charge in [-0.3, -0.25) is 14.9 Å². The molecule has 4 N–H and O–H groups in total. The van der Waals surface area contributed by atoms with Crippen molar-refractivity contribution in [1.29, 1.82) is 0 Å². The second-order valence-corrected chi connectivity index (χ2v) is 3.81. The first-order chi connectivity index (χ1) is 6.31. The Morgan fingerprint density at radius 2 is 2.00 bits per heavy atom. The van der Waals surface area contributed by atoms with E-state index in [-0.39, 0.29) is 0 Å². The van der Waals surface area contributed by atoms with E-state index in [1.165, 1.54) is 0 Å². The van der Waals surface area contributed by atoms with E-state index in [0.717, 1.165) is 6.42 Å². The predicted octanol–water partition coefficient (Wildman–Crippen LogP) is 0.0932. The largest absolute Gasteiger partial charge is 0.480 e. The van der Waals surface area contributed by atoms with Crippen molar-refractivity contribution in [3.63, 3.8) is 0 Å². The van der Waals surface area contributed by atoms with Crippen LogP contribution in [0.15, 0.2) is 0 Å². The molecule has 0 aromatic heterocycles. The summed E-state index contributed by atoms with van der Waals surface area (Å²) >= 11 is 0. The molecular weight excluding hydrogens is 184 g/mol. The number of hydrogen-bond acceptors (Lipinski definition) is 3. The number of amides is 1. The van der Waals surface area contributed by atoms with E-state index in [0.29, 0.717) is 6.42 Å². The lowest BCUT2D eigenvalue weighted by Gasteiger charge is -2.26. The molecule has 0 aromatic rings. The smallest absolute Gasteiger partial charge is 0.320 e. The number of aliphatic carboxylic acids is 1. The van der Waals surface area contributed by atoms with Gasteiger partial charge >= 0.3 is 5.97 Å². The van der Waals surface area contributed by atoms with Gasteiger partial charge in [0, 0.05) is 0 Å². The highest BCUT2D eigenvalue weighted by Crippen LogP contribution is 2.06. The second-order valence-electron chi connectivity index (χ2n) is 3.81. The lowest BCUT2D eigenvalue weighted by atomic mass is 10.0. The Kier molecular flexibility index (Phi) is 4.56. The molecule has 1 unspecified atom stereocenters. The van der Waals surface area contributed by atoms with Crippen molar-refractivity contribution in [2.75, 3.05) is 0 Å². The van der Waals surface area contributed by atoms with E-state index in [1.54, 1.807) is 13.8 Å². The molecule has 0 saturated heterocycles. The zero-order valence-electron chi connectivity index (χ0n) is 8.83. The minimum absolute atomic E-state index is 0.478. The Morgan fingerprint density at radius 1 is 1.50 bits per heavy atom. The van der Waals surface area contributed by atoms with Crippen LogP contribution >= 0.6 is 0 Å². The number of hydrogen-bond donors (Lipinski definition) is 3. The molecule has 5 heteroatoms. The van der Waals surface area contributed by atoms with Crippen LogP contribution in [0, 0.1) is 0 Å². The summed E-state index contributed by atoms with van der Waals surface area (Å²) in [4.78, 5) is 21.7. The molecule has 0 aliphatic heterocycles. The molecule has 0 spiro atoms. The van der Waals surface area contributed by atoms with Gasteiger partial charge in [0.2, 0.25) is 5.91 Å². The van der Waals surface area contributed by atoms with E-state index in [4.69, 9.17) is 10.8 Å². The second kappa shape index (κ2) is 4.95. The highest BCUT2D eigenvalue weighted by atomic mass is 16.4. The third-order valence-electron chi connectivity index (χ3n) is 2.03. The fourth-order valence-corrected chi connectivity index (χ4v) is 1.05. The van der Waals surface area contributed by atoms with Crippen LogP contribution in [0.25, 0.3) is 0 Å². The summed E-state index contributed by atoms with van der Waals surface area (Å²) in [6.07, 6.45) is 1.21. The number of rotatable bonds is 6. The average molecular weight is 202 g/mol. The quantitative estimate of drug-likeness (QED) is 0.569. The maximum Gasteiger partial charge on any atom is 0.320 e. The lowest BCUT2D eigenvalue weighted by molar-refractivity contribution is -0.140. The molecule has 5 nitrogen and oxygen atoms in total. The van der Waals surface area contributed by atoms with Crippen LogP contribution in [0.2, 0.25) is 0 Å². The molecule has 14 heavy (non-hydrogen) atoms. The van der Waals surface area contributed by atoms with Gasteiger partial charge in [-0.25, -0.2) is 0 Å². The molecule has 0 radical (unpaired) electrons. The van der Waals surface area contributed by atoms with Crippen molar-refractivity contribution >= 4 is 11.9 Å². The fraction of sp³-hybridized carbons (Fsp3) is 0.778. The standard InChI is InChI=1S/C9H18N2O3/c1-4-5-6(7(12)13)11-9(2,3)8(10)14/h6,11H,4-5H2,1-3H3,(H2,10,14)(H,12,13). The maximum atomic E-state index is 11.0. The molecular formula is C9H18N2O3. The van der Waals surface area contributed by atoms with Crippen molar-refractivity contribution in [2.24, 2.45) is 5.73 Å². The number of nitrogens with two attached hydrogens (primary N) is 1. The highest BCUT2D eigenvalue weighted by Gasteiger charge is 2.30. The summed E-state index contributed by atoms with van der Waals surface area (Å²) in [7, 11) is 0. The van der Waals surface area contributed by atoms with Crippen molar-refractivity contribution < 1.29 is 14.7 Å². The van der Waals surface area contributed by atoms with E-state index >= 15 is 0 Å². The fourth-order valence-electron chi connectivity index (χ4n) is 1.05. The Hall–Kier alpha value is -1.10. The third kappa shape index (κ3) is 3.74. The van der Waals surface area contributed by atoms with Gasteiger partial charge in [0.15, 0.2) is 0 Å². The van der Waals surface area contributed by atoms with Crippen LogP contribution in [0.1, 0.15) is 33.6 Å². The highest BCUT2D eigenvalue weighted by molar-refractivity contribution is 5.84. The van der Waals surface area contributed by atoms with Gasteiger partial charge in [-0.05, 0) is 20.3 Å². The minimum atomic E-state index is -0.988. The zero-order chi connectivity index (χ0) is 11.4. The van der Waals surface area contributed by atoms with Gasteiger partial charge in [0.05, 0.1) is 5.54 Å². The van der Waals surface area contributed by atoms with Crippen molar-refractivity contribution in [3.8, 4) is 0 Å². The van der Waals surface area contributed by atoms with E-state index in [9.17, 15) is 9.59 Å². The molecule has 1 atom stereocenters. The van der Waals surface area contributed by atoms with Gasteiger partial charge in [-0.1, -0.05) is 13.3 Å². The summed E-state index contributed by atoms with van der Waals surface area (Å²) in [6, 6.07) is -0.720. The molecule has 0 fully saturated rings. The summed E-state index contributed by atoms with van der Waals surface area (Å²) in [5, 5.41) is 11.6. The Balaban J connectivity index is 4.43. The zero-order valence-corrected chi connectivity index (χ0v) is 8.83. The number of primary amides is 1. The van der Waals surface area contributed by atoms with Gasteiger partial charge in [-0.2, -0.15) is 0 Å². The first-order valence-electron chi connectivity index (χ1n) is 4.61. The first-order valence-corrected chi connectivity index (χ1v) is 4.61. The molecule has 0 rings (SSSR count). The SMILES string of the molecule is CCCC(NC(C)(C)C(N)=O)C(=O)O. The van der Waals surface area contributed by atoms with Crippen LogP contribution in [0.3, 0.4) is 0 Å². The molecule has 0 bridgehead atoms. The Morgan fingerprint density at radius 3 is 2.29 bits per heavy atom. The molecule has 1 amide bonds. The van der Waals surface area contributed by atoms with Crippen LogP contribution in [-0.4, -0.2) is 28.6 Å². The number of carboxylic acids is 1. The number of carbonyl (C=O) groups is 2. The van der Waals surface area contributed by atoms with Crippen LogP contribution in [0.5, 0.6) is 0 Å². The Labute approximate surface area is 83.7 Å². The molecule has 0 aliphatic carbocycles. The molecule has 82 valence electrons. The van der Waals surface area contributed by atoms with Crippen LogP contribution in [-0.2, 0) is 9.59 Å². The van der Waals surface area contributed by atoms with E-state index in [2.05, 4.69) is 5.32 Å². The summed E-state index contributed by atoms with van der Waals surface area (Å²) < 4.78 is 0. The molecule has 0 aliphatic rings. The Bertz CT molecular complexity index is 226. The number of nitrogens with one attached hydrogen (secondary N) is 1. The normalized spacial score (nSPS) is 13.6. The summed E-state index contributed by atoms with van der Waals surface area (Å²) in [6.45, 7) is 5.02. The summed E-state index contributed by atoms with van der Waals surface area (Å²) in [5.74, 6) is -1.51. The average Bonchev–Trinajstić information content (AvgIpc) is 2.02. The lowest BCUT2D eigenvalue weighted by Crippen LogP contribution is -2.56. The minimum Gasteiger partial charge on any atom is -0.480 e. The maximum absolute atomic E-state index is 11.0.